The molecule has 0 spiro atoms. The molecule has 2 atom stereocenters. The smallest absolute Gasteiger partial charge is 0.330 e. The van der Waals surface area contributed by atoms with Crippen LogP contribution in [-0.2, 0) is 9.53 Å². The zero-order chi connectivity index (χ0) is 18.6. The van der Waals surface area contributed by atoms with Crippen molar-refractivity contribution >= 4 is 5.97 Å². The Kier molecular flexibility index (Phi) is 11.2. The van der Waals surface area contributed by atoms with E-state index in [1.54, 1.807) is 0 Å². The van der Waals surface area contributed by atoms with Gasteiger partial charge in [-0.3, -0.25) is 0 Å². The third-order valence-corrected chi connectivity index (χ3v) is 4.58. The molecule has 136 valence electrons. The van der Waals surface area contributed by atoms with E-state index in [1.807, 2.05) is 20.8 Å². The molecule has 0 bridgehead atoms. The van der Waals surface area contributed by atoms with Gasteiger partial charge in [-0.05, 0) is 64.4 Å². The number of hydrogen-bond donors (Lipinski definition) is 1. The Hall–Kier alpha value is -1.53. The molecule has 1 N–H and O–H groups in total. The van der Waals surface area contributed by atoms with E-state index < -0.39 is 5.60 Å². The highest BCUT2D eigenvalue weighted by Gasteiger charge is 2.26. The summed E-state index contributed by atoms with van der Waals surface area (Å²) in [5.74, 6) is 6.11. The average molecular weight is 335 g/mol. The molecule has 0 radical (unpaired) electrons. The zero-order valence-corrected chi connectivity index (χ0v) is 16.2. The number of ether oxygens (including phenoxy) is 1. The molecule has 3 heteroatoms. The van der Waals surface area contributed by atoms with E-state index in [0.29, 0.717) is 5.92 Å². The molecule has 0 aromatic heterocycles. The van der Waals surface area contributed by atoms with Crippen LogP contribution in [0.15, 0.2) is 23.3 Å². The molecule has 0 aromatic rings. The van der Waals surface area contributed by atoms with E-state index in [2.05, 4.69) is 36.5 Å². The van der Waals surface area contributed by atoms with Crippen LogP contribution in [0.5, 0.6) is 0 Å². The fraction of sp³-hybridized carbons (Fsp3) is 0.667. The van der Waals surface area contributed by atoms with Crippen LogP contribution in [0.3, 0.4) is 0 Å². The number of allylic oxidation sites excluding steroid dienone is 3. The van der Waals surface area contributed by atoms with Gasteiger partial charge in [0, 0.05) is 6.08 Å². The molecule has 2 unspecified atom stereocenters. The van der Waals surface area contributed by atoms with Gasteiger partial charge in [-0.25, -0.2) is 4.79 Å². The van der Waals surface area contributed by atoms with Crippen LogP contribution in [0.2, 0.25) is 0 Å². The van der Waals surface area contributed by atoms with Gasteiger partial charge in [0.15, 0.2) is 0 Å². The van der Waals surface area contributed by atoms with Gasteiger partial charge in [0.2, 0.25) is 0 Å². The van der Waals surface area contributed by atoms with Crippen LogP contribution >= 0.6 is 0 Å². The maximum Gasteiger partial charge on any atom is 0.330 e. The maximum absolute atomic E-state index is 11.2. The Morgan fingerprint density at radius 2 is 2.04 bits per heavy atom. The third kappa shape index (κ3) is 9.57. The topological polar surface area (TPSA) is 46.5 Å². The number of rotatable bonds is 10. The fourth-order valence-corrected chi connectivity index (χ4v) is 2.51. The standard InChI is InChI=1S/C21H34O3/c1-7-11-19(13-9-12-17(3)16-20(22)24-6)14-10-15-21(5,23)18(4)8-2/h13,16,18,23H,8-10,12,14-15H2,1-6H3/b17-16+,19-13+. The summed E-state index contributed by atoms with van der Waals surface area (Å²) in [7, 11) is 1.38. The predicted octanol–water partition coefficient (Wildman–Crippen LogP) is 4.80. The summed E-state index contributed by atoms with van der Waals surface area (Å²) in [5.41, 5.74) is 1.50. The first kappa shape index (κ1) is 22.5. The first-order valence-corrected chi connectivity index (χ1v) is 8.86. The van der Waals surface area contributed by atoms with Crippen molar-refractivity contribution in [1.82, 2.24) is 0 Å². The van der Waals surface area contributed by atoms with Crippen LogP contribution in [0.25, 0.3) is 0 Å². The van der Waals surface area contributed by atoms with Crippen molar-refractivity contribution in [3.05, 3.63) is 23.3 Å². The van der Waals surface area contributed by atoms with Crippen LogP contribution in [0.1, 0.15) is 73.1 Å². The van der Waals surface area contributed by atoms with Gasteiger partial charge in [-0.1, -0.05) is 37.8 Å². The van der Waals surface area contributed by atoms with Crippen molar-refractivity contribution in [1.29, 1.82) is 0 Å². The van der Waals surface area contributed by atoms with Gasteiger partial charge in [0.1, 0.15) is 0 Å². The summed E-state index contributed by atoms with van der Waals surface area (Å²) in [6.45, 7) is 9.90. The largest absolute Gasteiger partial charge is 0.466 e. The highest BCUT2D eigenvalue weighted by molar-refractivity contribution is 5.82. The summed E-state index contributed by atoms with van der Waals surface area (Å²) in [4.78, 5) is 11.2. The molecule has 0 aliphatic heterocycles. The minimum atomic E-state index is -0.612. The Bertz CT molecular complexity index is 501. The number of methoxy groups -OCH3 is 1. The summed E-state index contributed by atoms with van der Waals surface area (Å²) in [5, 5.41) is 10.5. The Morgan fingerprint density at radius 1 is 1.38 bits per heavy atom. The second-order valence-corrected chi connectivity index (χ2v) is 6.68. The molecule has 0 heterocycles. The van der Waals surface area contributed by atoms with E-state index in [4.69, 9.17) is 0 Å². The molecule has 0 rings (SSSR count). The number of aliphatic hydroxyl groups is 1. The number of esters is 1. The minimum absolute atomic E-state index is 0.299. The first-order valence-electron chi connectivity index (χ1n) is 8.86. The summed E-state index contributed by atoms with van der Waals surface area (Å²) >= 11 is 0. The molecule has 0 saturated carbocycles. The monoisotopic (exact) mass is 334 g/mol. The minimum Gasteiger partial charge on any atom is -0.466 e. The van der Waals surface area contributed by atoms with Gasteiger partial charge in [0.05, 0.1) is 12.7 Å². The van der Waals surface area contributed by atoms with Gasteiger partial charge in [0.25, 0.3) is 0 Å². The maximum atomic E-state index is 11.2. The summed E-state index contributed by atoms with van der Waals surface area (Å²) in [6.07, 6.45) is 8.91. The molecule has 24 heavy (non-hydrogen) atoms. The lowest BCUT2D eigenvalue weighted by molar-refractivity contribution is -0.134. The Labute approximate surface area is 148 Å². The highest BCUT2D eigenvalue weighted by atomic mass is 16.5. The van der Waals surface area contributed by atoms with Gasteiger partial charge >= 0.3 is 5.97 Å². The van der Waals surface area contributed by atoms with Crippen molar-refractivity contribution in [2.75, 3.05) is 7.11 Å². The number of carbonyl (C=O) groups is 1. The summed E-state index contributed by atoms with van der Waals surface area (Å²) in [6, 6.07) is 0. The molecule has 0 fully saturated rings. The van der Waals surface area contributed by atoms with Gasteiger partial charge in [-0.15, -0.1) is 5.92 Å². The second-order valence-electron chi connectivity index (χ2n) is 6.68. The van der Waals surface area contributed by atoms with E-state index in [9.17, 15) is 9.90 Å². The lowest BCUT2D eigenvalue weighted by Gasteiger charge is -2.29. The van der Waals surface area contributed by atoms with Gasteiger partial charge < -0.3 is 9.84 Å². The molecule has 0 aliphatic rings. The van der Waals surface area contributed by atoms with Crippen LogP contribution in [0, 0.1) is 17.8 Å². The lowest BCUT2D eigenvalue weighted by Crippen LogP contribution is -2.32. The van der Waals surface area contributed by atoms with Crippen LogP contribution in [0.4, 0.5) is 0 Å². The summed E-state index contributed by atoms with van der Waals surface area (Å²) < 4.78 is 4.62. The first-order chi connectivity index (χ1) is 11.3. The molecule has 0 aromatic carbocycles. The van der Waals surface area contributed by atoms with E-state index in [1.165, 1.54) is 13.2 Å². The number of carbonyl (C=O) groups excluding carboxylic acids is 1. The van der Waals surface area contributed by atoms with Crippen molar-refractivity contribution in [3.8, 4) is 11.8 Å². The fourth-order valence-electron chi connectivity index (χ4n) is 2.51. The zero-order valence-electron chi connectivity index (χ0n) is 16.2. The van der Waals surface area contributed by atoms with Crippen molar-refractivity contribution in [2.45, 2.75) is 78.7 Å². The third-order valence-electron chi connectivity index (χ3n) is 4.58. The van der Waals surface area contributed by atoms with E-state index in [-0.39, 0.29) is 5.97 Å². The van der Waals surface area contributed by atoms with Crippen molar-refractivity contribution in [3.63, 3.8) is 0 Å². The number of hydrogen-bond acceptors (Lipinski definition) is 3. The van der Waals surface area contributed by atoms with Crippen LogP contribution < -0.4 is 0 Å². The van der Waals surface area contributed by atoms with Crippen molar-refractivity contribution in [2.24, 2.45) is 5.92 Å². The average Bonchev–Trinajstić information content (AvgIpc) is 2.53. The van der Waals surface area contributed by atoms with Crippen LogP contribution in [-0.4, -0.2) is 23.8 Å². The SMILES string of the molecule is CC#C/C(=C\CC/C(C)=C/C(=O)OC)CCCC(C)(O)C(C)CC. The molecule has 0 saturated heterocycles. The van der Waals surface area contributed by atoms with Gasteiger partial charge in [-0.2, -0.15) is 0 Å². The van der Waals surface area contributed by atoms with E-state index in [0.717, 1.165) is 49.7 Å². The Balaban J connectivity index is 4.52. The lowest BCUT2D eigenvalue weighted by atomic mass is 9.84. The normalized spacial score (nSPS) is 16.0. The molecule has 0 aliphatic carbocycles. The molecular formula is C21H34O3. The Morgan fingerprint density at radius 3 is 2.58 bits per heavy atom. The second kappa shape index (κ2) is 11.9. The predicted molar refractivity (Wildman–Crippen MR) is 100 cm³/mol. The molecule has 0 amide bonds. The quantitative estimate of drug-likeness (QED) is 0.354. The van der Waals surface area contributed by atoms with E-state index >= 15 is 0 Å². The molecular weight excluding hydrogens is 300 g/mol. The highest BCUT2D eigenvalue weighted by Crippen LogP contribution is 2.26. The molecule has 3 nitrogen and oxygen atoms in total. The van der Waals surface area contributed by atoms with Crippen molar-refractivity contribution < 1.29 is 14.6 Å².